The Labute approximate surface area is 457 Å². The highest BCUT2D eigenvalue weighted by Crippen LogP contribution is 2.20. The molecule has 0 aromatic rings. The van der Waals surface area contributed by atoms with Crippen LogP contribution in [-0.4, -0.2) is 37.2 Å². The molecule has 0 rings (SSSR count). The van der Waals surface area contributed by atoms with E-state index in [9.17, 15) is 14.4 Å². The van der Waals surface area contributed by atoms with Crippen LogP contribution in [0.4, 0.5) is 0 Å². The third-order valence-electron chi connectivity index (χ3n) is 15.8. The van der Waals surface area contributed by atoms with Gasteiger partial charge in [0.15, 0.2) is 6.10 Å². The Morgan fingerprint density at radius 3 is 0.781 bits per heavy atom. The van der Waals surface area contributed by atoms with E-state index in [1.807, 2.05) is 0 Å². The standard InChI is InChI=1S/C67H130O6/c1-6-8-9-10-11-12-13-14-15-16-17-18-21-29-34-39-44-49-54-59-67(70)73-64(60-71-65(68)57-52-47-42-37-32-27-22-19-20-25-30-35-40-45-50-55-62(3)4)61-72-66(69)58-53-48-43-38-33-28-24-23-26-31-36-41-46-51-56-63(5)7-2/h62-64H,6-61H2,1-5H3/t63?,64-/m0/s1. The maximum atomic E-state index is 12.9. The molecule has 1 unspecified atom stereocenters. The lowest BCUT2D eigenvalue weighted by Gasteiger charge is -2.18. The molecule has 6 nitrogen and oxygen atoms in total. The Hall–Kier alpha value is -1.59. The summed E-state index contributed by atoms with van der Waals surface area (Å²) in [5.41, 5.74) is 0. The summed E-state index contributed by atoms with van der Waals surface area (Å²) in [6.07, 6.45) is 66.7. The molecule has 434 valence electrons. The van der Waals surface area contributed by atoms with E-state index in [2.05, 4.69) is 34.6 Å². The number of hydrogen-bond acceptors (Lipinski definition) is 6. The van der Waals surface area contributed by atoms with Crippen LogP contribution in [0.3, 0.4) is 0 Å². The van der Waals surface area contributed by atoms with E-state index in [4.69, 9.17) is 14.2 Å². The van der Waals surface area contributed by atoms with Crippen LogP contribution in [0.5, 0.6) is 0 Å². The Morgan fingerprint density at radius 2 is 0.521 bits per heavy atom. The van der Waals surface area contributed by atoms with Crippen molar-refractivity contribution in [1.29, 1.82) is 0 Å². The molecular weight excluding hydrogens is 901 g/mol. The molecular formula is C67H130O6. The number of hydrogen-bond donors (Lipinski definition) is 0. The third kappa shape index (κ3) is 59.5. The van der Waals surface area contributed by atoms with Gasteiger partial charge >= 0.3 is 17.9 Å². The predicted molar refractivity (Wildman–Crippen MR) is 316 cm³/mol. The highest BCUT2D eigenvalue weighted by atomic mass is 16.6. The van der Waals surface area contributed by atoms with E-state index < -0.39 is 6.10 Å². The number of ether oxygens (including phenoxy) is 3. The number of carbonyl (C=O) groups is 3. The molecule has 0 saturated heterocycles. The second-order valence-corrected chi connectivity index (χ2v) is 23.8. The fourth-order valence-corrected chi connectivity index (χ4v) is 10.4. The molecule has 0 heterocycles. The van der Waals surface area contributed by atoms with Gasteiger partial charge in [-0.3, -0.25) is 14.4 Å². The number of carbonyl (C=O) groups excluding carboxylic acids is 3. The van der Waals surface area contributed by atoms with E-state index in [1.165, 1.54) is 270 Å². The second-order valence-electron chi connectivity index (χ2n) is 23.8. The molecule has 0 spiro atoms. The van der Waals surface area contributed by atoms with E-state index in [-0.39, 0.29) is 31.1 Å². The van der Waals surface area contributed by atoms with Crippen LogP contribution in [0.25, 0.3) is 0 Å². The molecule has 0 radical (unpaired) electrons. The monoisotopic (exact) mass is 1030 g/mol. The van der Waals surface area contributed by atoms with Crippen molar-refractivity contribution in [3.8, 4) is 0 Å². The molecule has 2 atom stereocenters. The third-order valence-corrected chi connectivity index (χ3v) is 15.8. The van der Waals surface area contributed by atoms with Crippen molar-refractivity contribution in [2.45, 2.75) is 387 Å². The van der Waals surface area contributed by atoms with Gasteiger partial charge in [0.05, 0.1) is 0 Å². The summed E-state index contributed by atoms with van der Waals surface area (Å²) in [6.45, 7) is 11.5. The van der Waals surface area contributed by atoms with Gasteiger partial charge in [-0.05, 0) is 31.1 Å². The first-order chi connectivity index (χ1) is 35.8. The molecule has 0 aliphatic carbocycles. The van der Waals surface area contributed by atoms with Crippen LogP contribution in [0, 0.1) is 11.8 Å². The van der Waals surface area contributed by atoms with E-state index in [0.29, 0.717) is 19.3 Å². The topological polar surface area (TPSA) is 78.9 Å². The lowest BCUT2D eigenvalue weighted by atomic mass is 9.99. The van der Waals surface area contributed by atoms with Gasteiger partial charge in [-0.1, -0.05) is 343 Å². The maximum Gasteiger partial charge on any atom is 0.306 e. The summed E-state index contributed by atoms with van der Waals surface area (Å²) in [7, 11) is 0. The van der Waals surface area contributed by atoms with Crippen molar-refractivity contribution < 1.29 is 28.6 Å². The fourth-order valence-electron chi connectivity index (χ4n) is 10.4. The minimum Gasteiger partial charge on any atom is -0.462 e. The second kappa shape index (κ2) is 59.7. The summed E-state index contributed by atoms with van der Waals surface area (Å²) in [4.78, 5) is 38.4. The quantitative estimate of drug-likeness (QED) is 0.0343. The van der Waals surface area contributed by atoms with Crippen LogP contribution >= 0.6 is 0 Å². The minimum atomic E-state index is -0.764. The summed E-state index contributed by atoms with van der Waals surface area (Å²) >= 11 is 0. The van der Waals surface area contributed by atoms with Crippen molar-refractivity contribution in [3.63, 3.8) is 0 Å². The summed E-state index contributed by atoms with van der Waals surface area (Å²) in [5.74, 6) is 0.917. The van der Waals surface area contributed by atoms with Gasteiger partial charge in [0.1, 0.15) is 13.2 Å². The largest absolute Gasteiger partial charge is 0.462 e. The zero-order valence-electron chi connectivity index (χ0n) is 50.3. The van der Waals surface area contributed by atoms with Crippen molar-refractivity contribution in [1.82, 2.24) is 0 Å². The normalized spacial score (nSPS) is 12.4. The molecule has 0 amide bonds. The lowest BCUT2D eigenvalue weighted by Crippen LogP contribution is -2.30. The fraction of sp³-hybridized carbons (Fsp3) is 0.955. The molecule has 0 aromatic carbocycles. The van der Waals surface area contributed by atoms with Gasteiger partial charge in [0, 0.05) is 19.3 Å². The Kier molecular flexibility index (Phi) is 58.4. The molecule has 0 N–H and O–H groups in total. The van der Waals surface area contributed by atoms with E-state index in [0.717, 1.165) is 69.6 Å². The summed E-state index contributed by atoms with van der Waals surface area (Å²) < 4.78 is 17.0. The van der Waals surface area contributed by atoms with Gasteiger partial charge in [0.25, 0.3) is 0 Å². The van der Waals surface area contributed by atoms with Gasteiger partial charge < -0.3 is 14.2 Å². The molecule has 0 saturated carbocycles. The predicted octanol–water partition coefficient (Wildman–Crippen LogP) is 22.4. The maximum absolute atomic E-state index is 12.9. The van der Waals surface area contributed by atoms with E-state index in [1.54, 1.807) is 0 Å². The molecule has 73 heavy (non-hydrogen) atoms. The lowest BCUT2D eigenvalue weighted by molar-refractivity contribution is -0.167. The Balaban J connectivity index is 4.29. The molecule has 0 bridgehead atoms. The zero-order chi connectivity index (χ0) is 53.2. The van der Waals surface area contributed by atoms with Crippen LogP contribution in [0.2, 0.25) is 0 Å². The first-order valence-corrected chi connectivity index (χ1v) is 33.3. The first-order valence-electron chi connectivity index (χ1n) is 33.3. The van der Waals surface area contributed by atoms with Gasteiger partial charge in [-0.2, -0.15) is 0 Å². The average Bonchev–Trinajstić information content (AvgIpc) is 3.38. The van der Waals surface area contributed by atoms with Gasteiger partial charge in [-0.15, -0.1) is 0 Å². The van der Waals surface area contributed by atoms with Gasteiger partial charge in [-0.25, -0.2) is 0 Å². The Bertz CT molecular complexity index is 1120. The summed E-state index contributed by atoms with van der Waals surface area (Å²) in [5, 5.41) is 0. The van der Waals surface area contributed by atoms with E-state index >= 15 is 0 Å². The number of unbranched alkanes of at least 4 members (excludes halogenated alkanes) is 45. The van der Waals surface area contributed by atoms with Crippen molar-refractivity contribution in [2.24, 2.45) is 11.8 Å². The van der Waals surface area contributed by atoms with Crippen molar-refractivity contribution >= 4 is 17.9 Å². The average molecular weight is 1030 g/mol. The van der Waals surface area contributed by atoms with Crippen molar-refractivity contribution in [3.05, 3.63) is 0 Å². The SMILES string of the molecule is CCCCCCCCCCCCCCCCCCCCCC(=O)O[C@@H](COC(=O)CCCCCCCCCCCCCCCCCC(C)C)COC(=O)CCCCCCCCCCCCCCCCC(C)CC. The minimum absolute atomic E-state index is 0.0616. The molecule has 0 aliphatic heterocycles. The number of rotatable bonds is 61. The van der Waals surface area contributed by atoms with Crippen LogP contribution < -0.4 is 0 Å². The van der Waals surface area contributed by atoms with Gasteiger partial charge in [0.2, 0.25) is 0 Å². The number of esters is 3. The Morgan fingerprint density at radius 1 is 0.288 bits per heavy atom. The molecule has 0 aromatic heterocycles. The molecule has 0 aliphatic rings. The highest BCUT2D eigenvalue weighted by molar-refractivity contribution is 5.71. The zero-order valence-corrected chi connectivity index (χ0v) is 50.3. The molecule has 6 heteroatoms. The van der Waals surface area contributed by atoms with Crippen LogP contribution in [0.1, 0.15) is 381 Å². The van der Waals surface area contributed by atoms with Crippen LogP contribution in [0.15, 0.2) is 0 Å². The summed E-state index contributed by atoms with van der Waals surface area (Å²) in [6, 6.07) is 0. The first kappa shape index (κ1) is 71.4. The highest BCUT2D eigenvalue weighted by Gasteiger charge is 2.19. The van der Waals surface area contributed by atoms with Crippen molar-refractivity contribution in [2.75, 3.05) is 13.2 Å². The smallest absolute Gasteiger partial charge is 0.306 e. The van der Waals surface area contributed by atoms with Crippen LogP contribution in [-0.2, 0) is 28.6 Å². The molecule has 0 fully saturated rings.